The van der Waals surface area contributed by atoms with Gasteiger partial charge in [0.15, 0.2) is 9.84 Å². The first-order valence-corrected chi connectivity index (χ1v) is 16.5. The molecule has 0 bridgehead atoms. The summed E-state index contributed by atoms with van der Waals surface area (Å²) in [5, 5.41) is 13.3. The number of thiazole rings is 1. The van der Waals surface area contributed by atoms with Gasteiger partial charge in [0.05, 0.1) is 23.3 Å². The minimum atomic E-state index is -2.97. The van der Waals surface area contributed by atoms with Gasteiger partial charge in [-0.1, -0.05) is 25.0 Å². The number of nitrogens with zero attached hydrogens (tertiary/aromatic N) is 3. The molecule has 1 N–H and O–H groups in total. The molecular weight excluding hydrogens is 547 g/mol. The van der Waals surface area contributed by atoms with E-state index in [2.05, 4.69) is 16.3 Å². The number of carbonyl (C=O) groups is 1. The Balaban J connectivity index is 1.35. The van der Waals surface area contributed by atoms with E-state index in [1.807, 2.05) is 24.3 Å². The molecule has 7 nitrogen and oxygen atoms in total. The Morgan fingerprint density at radius 2 is 1.68 bits per heavy atom. The molecule has 0 unspecified atom stereocenters. The van der Waals surface area contributed by atoms with Gasteiger partial charge >= 0.3 is 0 Å². The number of amides is 1. The Morgan fingerprint density at radius 1 is 1.02 bits per heavy atom. The van der Waals surface area contributed by atoms with Crippen LogP contribution in [0.5, 0.6) is 0 Å². The molecule has 1 aromatic heterocycles. The summed E-state index contributed by atoms with van der Waals surface area (Å²) >= 11 is 1.56. The van der Waals surface area contributed by atoms with Gasteiger partial charge in [0.2, 0.25) is 5.91 Å². The van der Waals surface area contributed by atoms with E-state index in [1.54, 1.807) is 23.5 Å². The summed E-state index contributed by atoms with van der Waals surface area (Å²) in [4.78, 5) is 21.6. The Labute approximate surface area is 238 Å². The molecule has 2 atom stereocenters. The van der Waals surface area contributed by atoms with Gasteiger partial charge in [-0.2, -0.15) is 5.26 Å². The summed E-state index contributed by atoms with van der Waals surface area (Å²) in [5.74, 6) is -0.320. The number of nitriles is 1. The number of nitrogens with one attached hydrogen (secondary N) is 1. The zero-order chi connectivity index (χ0) is 27.9. The van der Waals surface area contributed by atoms with Crippen LogP contribution in [0.2, 0.25) is 0 Å². The average molecular weight is 579 g/mol. The third kappa shape index (κ3) is 5.50. The van der Waals surface area contributed by atoms with Crippen molar-refractivity contribution in [1.29, 1.82) is 5.26 Å². The monoisotopic (exact) mass is 578 g/mol. The fraction of sp³-hybridized carbons (Fsp3) is 0.433. The number of anilines is 1. The number of hydrogen-bond donors (Lipinski definition) is 1. The van der Waals surface area contributed by atoms with Crippen molar-refractivity contribution in [1.82, 2.24) is 10.3 Å². The molecule has 3 aromatic rings. The molecule has 1 amide bonds. The van der Waals surface area contributed by atoms with E-state index in [-0.39, 0.29) is 35.1 Å². The first-order valence-electron chi connectivity index (χ1n) is 13.8. The number of rotatable bonds is 6. The summed E-state index contributed by atoms with van der Waals surface area (Å²) in [5.41, 5.74) is 2.83. The lowest BCUT2D eigenvalue weighted by molar-refractivity contribution is -0.127. The summed E-state index contributed by atoms with van der Waals surface area (Å²) < 4.78 is 37.4. The van der Waals surface area contributed by atoms with E-state index >= 15 is 0 Å². The van der Waals surface area contributed by atoms with Crippen molar-refractivity contribution in [2.75, 3.05) is 29.5 Å². The molecule has 6 rings (SSSR count). The zero-order valence-electron chi connectivity index (χ0n) is 22.1. The molecule has 0 spiro atoms. The first kappa shape index (κ1) is 26.9. The number of carbonyl (C=O) groups excluding carboxylic acids is 1. The second kappa shape index (κ2) is 10.6. The third-order valence-corrected chi connectivity index (χ3v) is 11.2. The van der Waals surface area contributed by atoms with E-state index in [1.165, 1.54) is 12.1 Å². The molecule has 2 saturated carbocycles. The van der Waals surface area contributed by atoms with E-state index < -0.39 is 15.4 Å². The Bertz CT molecular complexity index is 1540. The summed E-state index contributed by atoms with van der Waals surface area (Å²) in [7, 11) is -2.97. The number of hydrogen-bond acceptors (Lipinski definition) is 7. The summed E-state index contributed by atoms with van der Waals surface area (Å²) in [6.45, 7) is 0.947. The molecule has 10 heteroatoms. The zero-order valence-corrected chi connectivity index (χ0v) is 23.7. The lowest BCUT2D eigenvalue weighted by atomic mass is 9.77. The number of halogens is 1. The van der Waals surface area contributed by atoms with Crippen LogP contribution >= 0.6 is 11.3 Å². The van der Waals surface area contributed by atoms with E-state index in [0.717, 1.165) is 58.1 Å². The van der Waals surface area contributed by atoms with Crippen molar-refractivity contribution in [3.8, 4) is 27.9 Å². The van der Waals surface area contributed by atoms with Crippen LogP contribution in [0.4, 0.5) is 10.1 Å². The predicted molar refractivity (Wildman–Crippen MR) is 154 cm³/mol. The Hall–Kier alpha value is -3.29. The van der Waals surface area contributed by atoms with Crippen molar-refractivity contribution in [2.45, 2.75) is 50.0 Å². The highest BCUT2D eigenvalue weighted by Gasteiger charge is 2.47. The Kier molecular flexibility index (Phi) is 7.13. The number of benzene rings is 2. The van der Waals surface area contributed by atoms with E-state index in [0.29, 0.717) is 25.9 Å². The summed E-state index contributed by atoms with van der Waals surface area (Å²) in [6.07, 6.45) is 4.99. The second-order valence-corrected chi connectivity index (χ2v) is 14.4. The highest BCUT2D eigenvalue weighted by atomic mass is 32.2. The van der Waals surface area contributed by atoms with Crippen molar-refractivity contribution in [3.05, 3.63) is 59.2 Å². The van der Waals surface area contributed by atoms with Crippen LogP contribution in [0.3, 0.4) is 0 Å². The lowest BCUT2D eigenvalue weighted by Crippen LogP contribution is -2.42. The number of aromatic nitrogens is 1. The molecule has 1 aliphatic heterocycles. The maximum atomic E-state index is 13.7. The average Bonchev–Trinajstić information content (AvgIpc) is 3.60. The van der Waals surface area contributed by atoms with Gasteiger partial charge in [0.25, 0.3) is 0 Å². The smallest absolute Gasteiger partial charge is 0.224 e. The van der Waals surface area contributed by atoms with Gasteiger partial charge in [0, 0.05) is 46.6 Å². The SMILES string of the molecule is N#CC1(NC(=O)[C@@H]2CCCC[C@H]2c2sc(-c3ccc(F)cc3)nc2-c2ccc(N3CCS(=O)(=O)CC3)cc2)CC1. The van der Waals surface area contributed by atoms with Gasteiger partial charge in [-0.25, -0.2) is 17.8 Å². The number of sulfone groups is 1. The van der Waals surface area contributed by atoms with E-state index in [4.69, 9.17) is 4.98 Å². The topological polar surface area (TPSA) is 103 Å². The standard InChI is InChI=1S/C30H31FN4O3S2/c31-22-9-5-21(6-10-22)29-33-26(20-7-11-23(12-8-20)35-15-17-40(37,38)18-16-35)27(39-29)24-3-1-2-4-25(24)28(36)34-30(19-32)13-14-30/h5-12,24-25H,1-4,13-18H2,(H,34,36)/t24-,25-/m1/s1. The maximum Gasteiger partial charge on any atom is 0.224 e. The molecule has 2 heterocycles. The van der Waals surface area contributed by atoms with Crippen LogP contribution in [0, 0.1) is 23.1 Å². The normalized spacial score (nSPS) is 23.2. The molecule has 1 saturated heterocycles. The van der Waals surface area contributed by atoms with E-state index in [9.17, 15) is 22.9 Å². The van der Waals surface area contributed by atoms with Crippen LogP contribution in [-0.2, 0) is 14.6 Å². The van der Waals surface area contributed by atoms with Gasteiger partial charge in [-0.3, -0.25) is 4.79 Å². The second-order valence-electron chi connectivity index (χ2n) is 11.1. The quantitative estimate of drug-likeness (QED) is 0.426. The van der Waals surface area contributed by atoms with Crippen LogP contribution in [-0.4, -0.2) is 49.4 Å². The highest BCUT2D eigenvalue weighted by Crippen LogP contribution is 2.47. The molecule has 2 aromatic carbocycles. The third-order valence-electron chi connectivity index (χ3n) is 8.36. The van der Waals surface area contributed by atoms with Crippen LogP contribution in [0.15, 0.2) is 48.5 Å². The van der Waals surface area contributed by atoms with Crippen LogP contribution < -0.4 is 10.2 Å². The minimum absolute atomic E-state index is 0.0306. The molecule has 0 radical (unpaired) electrons. The molecule has 208 valence electrons. The van der Waals surface area contributed by atoms with Gasteiger partial charge in [-0.15, -0.1) is 11.3 Å². The van der Waals surface area contributed by atoms with Crippen LogP contribution in [0.25, 0.3) is 21.8 Å². The van der Waals surface area contributed by atoms with Gasteiger partial charge in [0.1, 0.15) is 16.4 Å². The Morgan fingerprint density at radius 3 is 2.33 bits per heavy atom. The van der Waals surface area contributed by atoms with Crippen molar-refractivity contribution >= 4 is 32.8 Å². The maximum absolute atomic E-state index is 13.7. The first-order chi connectivity index (χ1) is 19.3. The molecular formula is C30H31FN4O3S2. The molecule has 40 heavy (non-hydrogen) atoms. The largest absolute Gasteiger partial charge is 0.369 e. The lowest BCUT2D eigenvalue weighted by Gasteiger charge is -2.31. The van der Waals surface area contributed by atoms with Crippen molar-refractivity contribution < 1.29 is 17.6 Å². The minimum Gasteiger partial charge on any atom is -0.369 e. The highest BCUT2D eigenvalue weighted by molar-refractivity contribution is 7.91. The molecule has 3 aliphatic rings. The van der Waals surface area contributed by atoms with Crippen LogP contribution in [0.1, 0.15) is 49.3 Å². The van der Waals surface area contributed by atoms with Crippen molar-refractivity contribution in [3.63, 3.8) is 0 Å². The molecule has 3 fully saturated rings. The van der Waals surface area contributed by atoms with Gasteiger partial charge in [-0.05, 0) is 62.1 Å². The predicted octanol–water partition coefficient (Wildman–Crippen LogP) is 5.30. The fourth-order valence-corrected chi connectivity index (χ4v) is 8.28. The molecule has 2 aliphatic carbocycles. The summed E-state index contributed by atoms with van der Waals surface area (Å²) in [6, 6.07) is 16.6. The van der Waals surface area contributed by atoms with Gasteiger partial charge < -0.3 is 10.2 Å². The fourth-order valence-electron chi connectivity index (χ4n) is 5.78. The van der Waals surface area contributed by atoms with Crippen molar-refractivity contribution in [2.24, 2.45) is 5.92 Å².